The Morgan fingerprint density at radius 3 is 3.06 bits per heavy atom. The summed E-state index contributed by atoms with van der Waals surface area (Å²) in [5.74, 6) is -0.0262. The molecular weight excluding hydrogens is 206 g/mol. The van der Waals surface area contributed by atoms with E-state index in [1.807, 2.05) is 0 Å². The predicted octanol–water partition coefficient (Wildman–Crippen LogP) is 1.15. The van der Waals surface area contributed by atoms with E-state index in [9.17, 15) is 4.79 Å². The minimum absolute atomic E-state index is 0.0162. The molecule has 1 aliphatic heterocycles. The third kappa shape index (κ3) is 1.82. The first-order valence-electron chi connectivity index (χ1n) is 5.80. The van der Waals surface area contributed by atoms with Gasteiger partial charge in [-0.2, -0.15) is 5.10 Å². The summed E-state index contributed by atoms with van der Waals surface area (Å²) >= 11 is 0. The van der Waals surface area contributed by atoms with Crippen molar-refractivity contribution in [3.63, 3.8) is 0 Å². The highest BCUT2D eigenvalue weighted by Crippen LogP contribution is 2.29. The molecule has 86 valence electrons. The van der Waals surface area contributed by atoms with Crippen LogP contribution in [0.2, 0.25) is 0 Å². The minimum Gasteiger partial charge on any atom is -0.372 e. The number of aromatic amines is 1. The highest BCUT2D eigenvalue weighted by Gasteiger charge is 2.28. The van der Waals surface area contributed by atoms with E-state index in [2.05, 4.69) is 15.5 Å². The van der Waals surface area contributed by atoms with E-state index in [0.29, 0.717) is 11.6 Å². The zero-order valence-electron chi connectivity index (χ0n) is 9.03. The van der Waals surface area contributed by atoms with Crippen molar-refractivity contribution < 1.29 is 9.53 Å². The molecular formula is C11H15N3O2. The van der Waals surface area contributed by atoms with Gasteiger partial charge in [-0.05, 0) is 25.7 Å². The predicted molar refractivity (Wildman–Crippen MR) is 57.0 cm³/mol. The molecule has 1 aromatic rings. The molecule has 16 heavy (non-hydrogen) atoms. The van der Waals surface area contributed by atoms with E-state index in [-0.39, 0.29) is 12.0 Å². The van der Waals surface area contributed by atoms with Gasteiger partial charge in [-0.15, -0.1) is 0 Å². The molecule has 1 amide bonds. The van der Waals surface area contributed by atoms with Crippen LogP contribution in [0.4, 0.5) is 0 Å². The fraction of sp³-hybridized carbons (Fsp3) is 0.636. The Balaban J connectivity index is 1.77. The maximum Gasteiger partial charge on any atom is 0.255 e. The van der Waals surface area contributed by atoms with Crippen LogP contribution in [-0.2, 0) is 4.74 Å². The Bertz CT molecular complexity index is 392. The number of nitrogens with zero attached hydrogens (tertiary/aromatic N) is 1. The molecule has 2 heterocycles. The quantitative estimate of drug-likeness (QED) is 0.804. The average molecular weight is 221 g/mol. The summed E-state index contributed by atoms with van der Waals surface area (Å²) in [5, 5.41) is 9.80. The zero-order chi connectivity index (χ0) is 11.0. The summed E-state index contributed by atoms with van der Waals surface area (Å²) in [5.41, 5.74) is 1.47. The molecule has 1 unspecified atom stereocenters. The van der Waals surface area contributed by atoms with Gasteiger partial charge in [0.25, 0.3) is 5.91 Å². The van der Waals surface area contributed by atoms with Crippen LogP contribution in [0.25, 0.3) is 0 Å². The van der Waals surface area contributed by atoms with Crippen LogP contribution < -0.4 is 5.32 Å². The lowest BCUT2D eigenvalue weighted by molar-refractivity contribution is 0.0921. The number of nitrogens with one attached hydrogen (secondary N) is 2. The first-order chi connectivity index (χ1) is 7.84. The Hall–Kier alpha value is -1.36. The number of aromatic nitrogens is 2. The van der Waals surface area contributed by atoms with Crippen LogP contribution in [0.15, 0.2) is 6.20 Å². The van der Waals surface area contributed by atoms with E-state index in [1.165, 1.54) is 0 Å². The third-order valence-electron chi connectivity index (χ3n) is 3.08. The van der Waals surface area contributed by atoms with Gasteiger partial charge >= 0.3 is 0 Å². The second kappa shape index (κ2) is 3.90. The van der Waals surface area contributed by atoms with Crippen molar-refractivity contribution in [1.82, 2.24) is 15.5 Å². The molecule has 1 aromatic heterocycles. The first-order valence-corrected chi connectivity index (χ1v) is 5.80. The monoisotopic (exact) mass is 221 g/mol. The summed E-state index contributed by atoms with van der Waals surface area (Å²) < 4.78 is 5.56. The summed E-state index contributed by atoms with van der Waals surface area (Å²) in [7, 11) is 0. The SMILES string of the molecule is O=C(NC1CC1)c1cn[nH]c1C1CCCO1. The normalized spacial score (nSPS) is 24.6. The van der Waals surface area contributed by atoms with Gasteiger partial charge in [-0.1, -0.05) is 0 Å². The minimum atomic E-state index is -0.0262. The van der Waals surface area contributed by atoms with Crippen LogP contribution in [0.3, 0.4) is 0 Å². The zero-order valence-corrected chi connectivity index (χ0v) is 9.03. The summed E-state index contributed by atoms with van der Waals surface area (Å²) in [4.78, 5) is 11.9. The molecule has 1 atom stereocenters. The number of carbonyl (C=O) groups excluding carboxylic acids is 1. The molecule has 1 saturated carbocycles. The molecule has 5 nitrogen and oxygen atoms in total. The van der Waals surface area contributed by atoms with Crippen LogP contribution in [0, 0.1) is 0 Å². The van der Waals surface area contributed by atoms with E-state index in [0.717, 1.165) is 38.0 Å². The van der Waals surface area contributed by atoms with Crippen molar-refractivity contribution in [2.45, 2.75) is 37.8 Å². The number of hydrogen-bond acceptors (Lipinski definition) is 3. The van der Waals surface area contributed by atoms with Gasteiger partial charge in [-0.25, -0.2) is 0 Å². The molecule has 0 spiro atoms. The fourth-order valence-corrected chi connectivity index (χ4v) is 2.02. The van der Waals surface area contributed by atoms with E-state index in [1.54, 1.807) is 6.20 Å². The summed E-state index contributed by atoms with van der Waals surface area (Å²) in [6.07, 6.45) is 5.81. The molecule has 5 heteroatoms. The highest BCUT2D eigenvalue weighted by atomic mass is 16.5. The van der Waals surface area contributed by atoms with Crippen molar-refractivity contribution in [1.29, 1.82) is 0 Å². The van der Waals surface area contributed by atoms with Crippen LogP contribution in [-0.4, -0.2) is 28.8 Å². The Morgan fingerprint density at radius 2 is 2.38 bits per heavy atom. The van der Waals surface area contributed by atoms with Gasteiger partial charge in [0, 0.05) is 12.6 Å². The lowest BCUT2D eigenvalue weighted by Gasteiger charge is -2.09. The second-order valence-corrected chi connectivity index (χ2v) is 4.45. The molecule has 3 rings (SSSR count). The molecule has 1 aliphatic carbocycles. The van der Waals surface area contributed by atoms with Crippen molar-refractivity contribution in [3.8, 4) is 0 Å². The Morgan fingerprint density at radius 1 is 1.50 bits per heavy atom. The highest BCUT2D eigenvalue weighted by molar-refractivity contribution is 5.95. The van der Waals surface area contributed by atoms with Gasteiger partial charge in [0.1, 0.15) is 0 Å². The molecule has 0 aromatic carbocycles. The molecule has 1 saturated heterocycles. The lowest BCUT2D eigenvalue weighted by atomic mass is 10.1. The second-order valence-electron chi connectivity index (χ2n) is 4.45. The van der Waals surface area contributed by atoms with Gasteiger partial charge < -0.3 is 10.1 Å². The number of carbonyl (C=O) groups is 1. The number of rotatable bonds is 3. The smallest absolute Gasteiger partial charge is 0.255 e. The lowest BCUT2D eigenvalue weighted by Crippen LogP contribution is -2.26. The first kappa shape index (κ1) is 9.84. The Labute approximate surface area is 93.6 Å². The van der Waals surface area contributed by atoms with E-state index >= 15 is 0 Å². The number of amides is 1. The molecule has 0 bridgehead atoms. The topological polar surface area (TPSA) is 67.0 Å². The molecule has 2 aliphatic rings. The maximum absolute atomic E-state index is 11.9. The number of hydrogen-bond donors (Lipinski definition) is 2. The molecule has 2 N–H and O–H groups in total. The van der Waals surface area contributed by atoms with Crippen LogP contribution >= 0.6 is 0 Å². The fourth-order valence-electron chi connectivity index (χ4n) is 2.02. The van der Waals surface area contributed by atoms with Crippen molar-refractivity contribution in [2.75, 3.05) is 6.61 Å². The van der Waals surface area contributed by atoms with Crippen molar-refractivity contribution >= 4 is 5.91 Å². The molecule has 0 radical (unpaired) electrons. The van der Waals surface area contributed by atoms with Gasteiger partial charge in [0.2, 0.25) is 0 Å². The van der Waals surface area contributed by atoms with Crippen LogP contribution in [0.1, 0.15) is 47.8 Å². The van der Waals surface area contributed by atoms with Gasteiger partial charge in [0.05, 0.1) is 23.6 Å². The summed E-state index contributed by atoms with van der Waals surface area (Å²) in [6.45, 7) is 0.771. The number of H-pyrrole nitrogens is 1. The largest absolute Gasteiger partial charge is 0.372 e. The van der Waals surface area contributed by atoms with E-state index in [4.69, 9.17) is 4.74 Å². The Kier molecular flexibility index (Phi) is 2.40. The van der Waals surface area contributed by atoms with Crippen molar-refractivity contribution in [2.24, 2.45) is 0 Å². The maximum atomic E-state index is 11.9. The molecule has 2 fully saturated rings. The van der Waals surface area contributed by atoms with Crippen molar-refractivity contribution in [3.05, 3.63) is 17.5 Å². The number of ether oxygens (including phenoxy) is 1. The van der Waals surface area contributed by atoms with Gasteiger partial charge in [-0.3, -0.25) is 9.89 Å². The van der Waals surface area contributed by atoms with Crippen LogP contribution in [0.5, 0.6) is 0 Å². The van der Waals surface area contributed by atoms with E-state index < -0.39 is 0 Å². The standard InChI is InChI=1S/C11H15N3O2/c15-11(13-7-3-4-7)8-6-12-14-10(8)9-2-1-5-16-9/h6-7,9H,1-5H2,(H,12,14)(H,13,15). The van der Waals surface area contributed by atoms with Gasteiger partial charge in [0.15, 0.2) is 0 Å². The average Bonchev–Trinajstić information content (AvgIpc) is 2.84. The summed E-state index contributed by atoms with van der Waals surface area (Å²) in [6, 6.07) is 0.375. The third-order valence-corrected chi connectivity index (χ3v) is 3.08.